The number of rotatable bonds is 3. The summed E-state index contributed by atoms with van der Waals surface area (Å²) in [6.45, 7) is 4.18. The maximum absolute atomic E-state index is 11.7. The van der Waals surface area contributed by atoms with Gasteiger partial charge in [0, 0.05) is 19.3 Å². The molecule has 0 spiro atoms. The van der Waals surface area contributed by atoms with E-state index in [1.165, 1.54) is 12.3 Å². The van der Waals surface area contributed by atoms with Gasteiger partial charge in [0.05, 0.1) is 26.3 Å². The molecule has 0 saturated carbocycles. The fraction of sp³-hybridized carbons (Fsp3) is 0.500. The Morgan fingerprint density at radius 1 is 1.45 bits per heavy atom. The fourth-order valence-corrected chi connectivity index (χ4v) is 1.87. The van der Waals surface area contributed by atoms with E-state index in [-0.39, 0.29) is 12.5 Å². The first-order valence-corrected chi connectivity index (χ1v) is 6.55. The molecular weight excluding hydrogens is 258 g/mol. The molecule has 1 fully saturated rings. The van der Waals surface area contributed by atoms with Crippen molar-refractivity contribution in [3.63, 3.8) is 0 Å². The Balaban J connectivity index is 1.67. The summed E-state index contributed by atoms with van der Waals surface area (Å²) in [5.74, 6) is 4.26. The van der Waals surface area contributed by atoms with Crippen LogP contribution in [0.5, 0.6) is 0 Å². The summed E-state index contributed by atoms with van der Waals surface area (Å²) >= 11 is 0. The number of amides is 2. The standard InChI is InChI=1S/C14H17N3O3/c18-13(12-4-3-6-16-14(12)19)15-5-1-2-7-17-8-10-20-11-9-17/h3-4,6,12H,5,7-11H2,(H,15,18). The summed E-state index contributed by atoms with van der Waals surface area (Å²) in [4.78, 5) is 28.9. The van der Waals surface area contributed by atoms with E-state index < -0.39 is 11.8 Å². The smallest absolute Gasteiger partial charge is 0.262 e. The summed E-state index contributed by atoms with van der Waals surface area (Å²) in [5.41, 5.74) is 0. The Hall–Kier alpha value is -1.97. The molecule has 1 atom stereocenters. The first-order chi connectivity index (χ1) is 9.77. The molecule has 0 radical (unpaired) electrons. The molecule has 1 saturated heterocycles. The van der Waals surface area contributed by atoms with Gasteiger partial charge in [-0.15, -0.1) is 0 Å². The average molecular weight is 275 g/mol. The van der Waals surface area contributed by atoms with Crippen LogP contribution < -0.4 is 5.32 Å². The van der Waals surface area contributed by atoms with E-state index in [0.29, 0.717) is 6.54 Å². The SMILES string of the molecule is O=C1N=CC=CC1C(=O)NCC#CCN1CCOCC1. The van der Waals surface area contributed by atoms with Crippen molar-refractivity contribution in [2.75, 3.05) is 39.4 Å². The Morgan fingerprint density at radius 3 is 3.00 bits per heavy atom. The number of carbonyl (C=O) groups excluding carboxylic acids is 2. The van der Waals surface area contributed by atoms with Crippen molar-refractivity contribution in [1.29, 1.82) is 0 Å². The van der Waals surface area contributed by atoms with Crippen molar-refractivity contribution < 1.29 is 14.3 Å². The van der Waals surface area contributed by atoms with Crippen molar-refractivity contribution in [3.05, 3.63) is 12.2 Å². The molecule has 20 heavy (non-hydrogen) atoms. The highest BCUT2D eigenvalue weighted by atomic mass is 16.5. The van der Waals surface area contributed by atoms with Crippen molar-refractivity contribution in [2.45, 2.75) is 0 Å². The maximum Gasteiger partial charge on any atom is 0.262 e. The Bertz CT molecular complexity index is 482. The lowest BCUT2D eigenvalue weighted by Gasteiger charge is -2.24. The highest BCUT2D eigenvalue weighted by Gasteiger charge is 2.23. The number of hydrogen-bond acceptors (Lipinski definition) is 4. The first-order valence-electron chi connectivity index (χ1n) is 6.55. The molecule has 2 amide bonds. The molecule has 1 unspecified atom stereocenters. The van der Waals surface area contributed by atoms with Crippen molar-refractivity contribution >= 4 is 18.0 Å². The zero-order valence-electron chi connectivity index (χ0n) is 11.2. The normalized spacial score (nSPS) is 22.2. The minimum atomic E-state index is -0.818. The van der Waals surface area contributed by atoms with E-state index >= 15 is 0 Å². The quantitative estimate of drug-likeness (QED) is 0.542. The van der Waals surface area contributed by atoms with Crippen molar-refractivity contribution in [1.82, 2.24) is 10.2 Å². The minimum Gasteiger partial charge on any atom is -0.379 e. The van der Waals surface area contributed by atoms with Crippen LogP contribution in [0.15, 0.2) is 17.1 Å². The van der Waals surface area contributed by atoms with Gasteiger partial charge in [-0.05, 0) is 6.08 Å². The summed E-state index contributed by atoms with van der Waals surface area (Å²) in [6.07, 6.45) is 4.51. The summed E-state index contributed by atoms with van der Waals surface area (Å²) < 4.78 is 5.24. The number of dihydropyridines is 1. The number of allylic oxidation sites excluding steroid dienone is 1. The molecule has 0 bridgehead atoms. The molecular formula is C14H17N3O3. The van der Waals surface area contributed by atoms with Gasteiger partial charge in [-0.3, -0.25) is 14.5 Å². The molecule has 2 aliphatic heterocycles. The first kappa shape index (κ1) is 14.4. The van der Waals surface area contributed by atoms with Crippen LogP contribution in [0.25, 0.3) is 0 Å². The lowest BCUT2D eigenvalue weighted by Crippen LogP contribution is -2.36. The van der Waals surface area contributed by atoms with Gasteiger partial charge in [-0.1, -0.05) is 17.9 Å². The second-order valence-electron chi connectivity index (χ2n) is 4.44. The van der Waals surface area contributed by atoms with E-state index in [1.807, 2.05) is 0 Å². The van der Waals surface area contributed by atoms with E-state index in [9.17, 15) is 9.59 Å². The number of morpholine rings is 1. The topological polar surface area (TPSA) is 71.0 Å². The minimum absolute atomic E-state index is 0.241. The predicted molar refractivity (Wildman–Crippen MR) is 74.2 cm³/mol. The van der Waals surface area contributed by atoms with Crippen LogP contribution in [0.1, 0.15) is 0 Å². The molecule has 2 heterocycles. The van der Waals surface area contributed by atoms with Gasteiger partial charge >= 0.3 is 0 Å². The second-order valence-corrected chi connectivity index (χ2v) is 4.44. The number of ether oxygens (including phenoxy) is 1. The van der Waals surface area contributed by atoms with Crippen LogP contribution in [0.2, 0.25) is 0 Å². The highest BCUT2D eigenvalue weighted by Crippen LogP contribution is 2.05. The van der Waals surface area contributed by atoms with E-state index in [1.54, 1.807) is 6.08 Å². The molecule has 0 aromatic heterocycles. The third-order valence-electron chi connectivity index (χ3n) is 3.02. The monoisotopic (exact) mass is 275 g/mol. The maximum atomic E-state index is 11.7. The lowest BCUT2D eigenvalue weighted by atomic mass is 10.1. The van der Waals surface area contributed by atoms with Gasteiger partial charge < -0.3 is 10.1 Å². The molecule has 0 aromatic carbocycles. The van der Waals surface area contributed by atoms with Crippen LogP contribution in [-0.2, 0) is 14.3 Å². The third-order valence-corrected chi connectivity index (χ3v) is 3.02. The highest BCUT2D eigenvalue weighted by molar-refractivity contribution is 6.07. The van der Waals surface area contributed by atoms with E-state index in [4.69, 9.17) is 4.74 Å². The largest absolute Gasteiger partial charge is 0.379 e. The van der Waals surface area contributed by atoms with Gasteiger partial charge in [-0.25, -0.2) is 4.99 Å². The molecule has 0 aliphatic carbocycles. The van der Waals surface area contributed by atoms with Crippen LogP contribution in [0.4, 0.5) is 0 Å². The number of nitrogens with one attached hydrogen (secondary N) is 1. The zero-order chi connectivity index (χ0) is 14.2. The third kappa shape index (κ3) is 4.30. The van der Waals surface area contributed by atoms with Gasteiger partial charge in [0.25, 0.3) is 5.91 Å². The number of nitrogens with zero attached hydrogens (tertiary/aromatic N) is 2. The van der Waals surface area contributed by atoms with Crippen LogP contribution >= 0.6 is 0 Å². The molecule has 6 nitrogen and oxygen atoms in total. The van der Waals surface area contributed by atoms with Crippen molar-refractivity contribution in [3.8, 4) is 11.8 Å². The fourth-order valence-electron chi connectivity index (χ4n) is 1.87. The Kier molecular flexibility index (Phi) is 5.47. The average Bonchev–Trinajstić information content (AvgIpc) is 2.48. The predicted octanol–water partition coefficient (Wildman–Crippen LogP) is -0.778. The molecule has 6 heteroatoms. The van der Waals surface area contributed by atoms with E-state index in [2.05, 4.69) is 27.0 Å². The summed E-state index contributed by atoms with van der Waals surface area (Å²) in [5, 5.41) is 2.62. The van der Waals surface area contributed by atoms with Gasteiger partial charge in [0.15, 0.2) is 0 Å². The van der Waals surface area contributed by atoms with Gasteiger partial charge in [0.1, 0.15) is 5.92 Å². The molecule has 0 aromatic rings. The summed E-state index contributed by atoms with van der Waals surface area (Å²) in [7, 11) is 0. The second kappa shape index (κ2) is 7.58. The van der Waals surface area contributed by atoms with Gasteiger partial charge in [0.2, 0.25) is 5.91 Å². The zero-order valence-corrected chi connectivity index (χ0v) is 11.2. The van der Waals surface area contributed by atoms with Crippen LogP contribution in [-0.4, -0.2) is 62.3 Å². The van der Waals surface area contributed by atoms with Crippen LogP contribution in [0.3, 0.4) is 0 Å². The number of aliphatic imine (C=N–C) groups is 1. The van der Waals surface area contributed by atoms with Crippen molar-refractivity contribution in [2.24, 2.45) is 10.9 Å². The Labute approximate surface area is 117 Å². The van der Waals surface area contributed by atoms with Gasteiger partial charge in [-0.2, -0.15) is 0 Å². The molecule has 106 valence electrons. The number of carbonyl (C=O) groups is 2. The summed E-state index contributed by atoms with van der Waals surface area (Å²) in [6, 6.07) is 0. The Morgan fingerprint density at radius 2 is 2.25 bits per heavy atom. The van der Waals surface area contributed by atoms with Crippen LogP contribution in [0, 0.1) is 17.8 Å². The molecule has 2 rings (SSSR count). The molecule has 1 N–H and O–H groups in total. The lowest BCUT2D eigenvalue weighted by molar-refractivity contribution is -0.131. The molecule has 2 aliphatic rings. The van der Waals surface area contributed by atoms with E-state index in [0.717, 1.165) is 26.3 Å². The number of hydrogen-bond donors (Lipinski definition) is 1.